The topological polar surface area (TPSA) is 77.8 Å². The van der Waals surface area contributed by atoms with Gasteiger partial charge in [0.2, 0.25) is 0 Å². The lowest BCUT2D eigenvalue weighted by Crippen LogP contribution is -2.44. The van der Waals surface area contributed by atoms with Crippen molar-refractivity contribution >= 4 is 11.9 Å². The number of piperidine rings is 1. The van der Waals surface area contributed by atoms with Crippen molar-refractivity contribution in [2.45, 2.75) is 25.9 Å². The number of carboxylic acid groups (broad SMARTS) is 1. The standard InChI is InChI=1S/C9H15NO4/c1-6(11)8(12)10-4-2-7(3-5-10)9(13)14/h6-7,11H,2-5H2,1H3,(H,13,14)/t6-/m1/s1. The monoisotopic (exact) mass is 201 g/mol. The largest absolute Gasteiger partial charge is 0.481 e. The van der Waals surface area contributed by atoms with E-state index in [1.165, 1.54) is 11.8 Å². The molecule has 5 heteroatoms. The van der Waals surface area contributed by atoms with Crippen molar-refractivity contribution in [1.82, 2.24) is 4.90 Å². The van der Waals surface area contributed by atoms with Gasteiger partial charge in [-0.2, -0.15) is 0 Å². The van der Waals surface area contributed by atoms with E-state index in [0.717, 1.165) is 0 Å². The summed E-state index contributed by atoms with van der Waals surface area (Å²) >= 11 is 0. The van der Waals surface area contributed by atoms with Crippen molar-refractivity contribution in [1.29, 1.82) is 0 Å². The highest BCUT2D eigenvalue weighted by Crippen LogP contribution is 2.17. The Morgan fingerprint density at radius 2 is 1.86 bits per heavy atom. The summed E-state index contributed by atoms with van der Waals surface area (Å²) in [6.07, 6.45) is -0.0296. The minimum Gasteiger partial charge on any atom is -0.481 e. The highest BCUT2D eigenvalue weighted by atomic mass is 16.4. The minimum absolute atomic E-state index is 0.311. The number of carbonyl (C=O) groups excluding carboxylic acids is 1. The van der Waals surface area contributed by atoms with Gasteiger partial charge in [-0.15, -0.1) is 0 Å². The number of hydrogen-bond acceptors (Lipinski definition) is 3. The van der Waals surface area contributed by atoms with Crippen molar-refractivity contribution in [3.8, 4) is 0 Å². The molecule has 1 atom stereocenters. The number of aliphatic hydroxyl groups is 1. The average molecular weight is 201 g/mol. The molecular weight excluding hydrogens is 186 g/mol. The first-order valence-corrected chi connectivity index (χ1v) is 4.72. The molecule has 0 saturated carbocycles. The minimum atomic E-state index is -0.989. The fourth-order valence-electron chi connectivity index (χ4n) is 1.61. The number of aliphatic hydroxyl groups excluding tert-OH is 1. The van der Waals surface area contributed by atoms with Gasteiger partial charge in [-0.25, -0.2) is 0 Å². The van der Waals surface area contributed by atoms with Crippen LogP contribution in [-0.4, -0.2) is 46.2 Å². The number of amides is 1. The zero-order valence-corrected chi connectivity index (χ0v) is 8.14. The van der Waals surface area contributed by atoms with E-state index in [1.54, 1.807) is 0 Å². The van der Waals surface area contributed by atoms with Gasteiger partial charge in [0.05, 0.1) is 5.92 Å². The molecule has 0 aliphatic carbocycles. The molecule has 1 saturated heterocycles. The molecule has 80 valence electrons. The normalized spacial score (nSPS) is 20.6. The molecule has 1 aliphatic rings. The molecule has 0 bridgehead atoms. The molecule has 0 aromatic carbocycles. The first-order chi connectivity index (χ1) is 6.52. The summed E-state index contributed by atoms with van der Waals surface area (Å²) in [4.78, 5) is 23.4. The van der Waals surface area contributed by atoms with Crippen LogP contribution in [0, 0.1) is 5.92 Å². The molecule has 5 nitrogen and oxygen atoms in total. The zero-order chi connectivity index (χ0) is 10.7. The summed E-state index contributed by atoms with van der Waals surface area (Å²) in [7, 11) is 0. The summed E-state index contributed by atoms with van der Waals surface area (Å²) < 4.78 is 0. The van der Waals surface area contributed by atoms with Crippen LogP contribution in [0.3, 0.4) is 0 Å². The third-order valence-corrected chi connectivity index (χ3v) is 2.51. The third kappa shape index (κ3) is 2.45. The number of aliphatic carboxylic acids is 1. The lowest BCUT2D eigenvalue weighted by atomic mass is 9.97. The molecule has 0 unspecified atom stereocenters. The molecular formula is C9H15NO4. The molecule has 14 heavy (non-hydrogen) atoms. The van der Waals surface area contributed by atoms with Crippen LogP contribution < -0.4 is 0 Å². The van der Waals surface area contributed by atoms with Crippen molar-refractivity contribution in [3.63, 3.8) is 0 Å². The fourth-order valence-corrected chi connectivity index (χ4v) is 1.61. The fraction of sp³-hybridized carbons (Fsp3) is 0.778. The highest BCUT2D eigenvalue weighted by molar-refractivity contribution is 5.80. The molecule has 1 rings (SSSR count). The lowest BCUT2D eigenvalue weighted by Gasteiger charge is -2.30. The zero-order valence-electron chi connectivity index (χ0n) is 8.14. The summed E-state index contributed by atoms with van der Waals surface area (Å²) in [6.45, 7) is 2.28. The van der Waals surface area contributed by atoms with Gasteiger partial charge in [0.15, 0.2) is 0 Å². The maximum absolute atomic E-state index is 11.3. The number of carbonyl (C=O) groups is 2. The SMILES string of the molecule is C[C@@H](O)C(=O)N1CCC(C(=O)O)CC1. The van der Waals surface area contributed by atoms with Gasteiger partial charge < -0.3 is 15.1 Å². The van der Waals surface area contributed by atoms with E-state index in [0.29, 0.717) is 25.9 Å². The maximum atomic E-state index is 11.3. The van der Waals surface area contributed by atoms with Gasteiger partial charge in [0.25, 0.3) is 5.91 Å². The van der Waals surface area contributed by atoms with Crippen LogP contribution in [-0.2, 0) is 9.59 Å². The Morgan fingerprint density at radius 3 is 2.21 bits per heavy atom. The van der Waals surface area contributed by atoms with E-state index in [9.17, 15) is 9.59 Å². The van der Waals surface area contributed by atoms with Gasteiger partial charge in [-0.1, -0.05) is 0 Å². The summed E-state index contributed by atoms with van der Waals surface area (Å²) in [5, 5.41) is 17.8. The van der Waals surface area contributed by atoms with Crippen molar-refractivity contribution in [3.05, 3.63) is 0 Å². The Balaban J connectivity index is 2.43. The lowest BCUT2D eigenvalue weighted by molar-refractivity contribution is -0.147. The molecule has 2 N–H and O–H groups in total. The Morgan fingerprint density at radius 1 is 1.36 bits per heavy atom. The van der Waals surface area contributed by atoms with Crippen LogP contribution >= 0.6 is 0 Å². The van der Waals surface area contributed by atoms with Gasteiger partial charge in [-0.3, -0.25) is 9.59 Å². The predicted molar refractivity (Wildman–Crippen MR) is 48.6 cm³/mol. The van der Waals surface area contributed by atoms with Crippen molar-refractivity contribution in [2.24, 2.45) is 5.92 Å². The number of likely N-dealkylation sites (tertiary alicyclic amines) is 1. The maximum Gasteiger partial charge on any atom is 0.306 e. The van der Waals surface area contributed by atoms with Crippen LogP contribution in [0.15, 0.2) is 0 Å². The van der Waals surface area contributed by atoms with E-state index >= 15 is 0 Å². The number of hydrogen-bond donors (Lipinski definition) is 2. The van der Waals surface area contributed by atoms with E-state index in [4.69, 9.17) is 10.2 Å². The molecule has 0 spiro atoms. The van der Waals surface area contributed by atoms with Crippen LogP contribution in [0.25, 0.3) is 0 Å². The van der Waals surface area contributed by atoms with Gasteiger partial charge >= 0.3 is 5.97 Å². The van der Waals surface area contributed by atoms with Gasteiger partial charge in [-0.05, 0) is 19.8 Å². The van der Waals surface area contributed by atoms with Crippen molar-refractivity contribution < 1.29 is 19.8 Å². The van der Waals surface area contributed by atoms with Crippen molar-refractivity contribution in [2.75, 3.05) is 13.1 Å². The molecule has 0 aromatic heterocycles. The van der Waals surface area contributed by atoms with E-state index in [1.807, 2.05) is 0 Å². The second-order valence-corrected chi connectivity index (χ2v) is 3.61. The van der Waals surface area contributed by atoms with Crippen LogP contribution in [0.2, 0.25) is 0 Å². The predicted octanol–water partition coefficient (Wildman–Crippen LogP) is -0.310. The quantitative estimate of drug-likeness (QED) is 0.642. The summed E-state index contributed by atoms with van der Waals surface area (Å²) in [6, 6.07) is 0. The Kier molecular flexibility index (Phi) is 3.46. The van der Waals surface area contributed by atoms with E-state index < -0.39 is 12.1 Å². The average Bonchev–Trinajstić information content (AvgIpc) is 2.16. The number of carboxylic acids is 1. The summed E-state index contributed by atoms with van der Waals surface area (Å²) in [5.74, 6) is -1.45. The summed E-state index contributed by atoms with van der Waals surface area (Å²) in [5.41, 5.74) is 0. The Bertz CT molecular complexity index is 231. The molecule has 0 aromatic rings. The first-order valence-electron chi connectivity index (χ1n) is 4.72. The highest BCUT2D eigenvalue weighted by Gasteiger charge is 2.28. The van der Waals surface area contributed by atoms with Gasteiger partial charge in [0.1, 0.15) is 6.10 Å². The van der Waals surface area contributed by atoms with Gasteiger partial charge in [0, 0.05) is 13.1 Å². The Labute approximate surface area is 82.3 Å². The second kappa shape index (κ2) is 4.41. The van der Waals surface area contributed by atoms with Crippen LogP contribution in [0.4, 0.5) is 0 Å². The van der Waals surface area contributed by atoms with Crippen LogP contribution in [0.5, 0.6) is 0 Å². The first kappa shape index (κ1) is 11.0. The molecule has 1 heterocycles. The molecule has 1 aliphatic heterocycles. The van der Waals surface area contributed by atoms with E-state index in [2.05, 4.69) is 0 Å². The molecule has 1 fully saturated rings. The third-order valence-electron chi connectivity index (χ3n) is 2.51. The molecule has 0 radical (unpaired) electrons. The number of nitrogens with zero attached hydrogens (tertiary/aromatic N) is 1. The van der Waals surface area contributed by atoms with Crippen LogP contribution in [0.1, 0.15) is 19.8 Å². The number of rotatable bonds is 2. The Hall–Kier alpha value is -1.10. The molecule has 1 amide bonds. The second-order valence-electron chi connectivity index (χ2n) is 3.61. The smallest absolute Gasteiger partial charge is 0.306 e. The van der Waals surface area contributed by atoms with E-state index in [-0.39, 0.29) is 11.8 Å².